The predicted molar refractivity (Wildman–Crippen MR) is 75.7 cm³/mol. The quantitative estimate of drug-likeness (QED) is 0.867. The van der Waals surface area contributed by atoms with Crippen LogP contribution in [0.5, 0.6) is 0 Å². The molecule has 1 atom stereocenters. The van der Waals surface area contributed by atoms with Crippen molar-refractivity contribution in [1.29, 1.82) is 0 Å². The molecule has 0 unspecified atom stereocenters. The molecule has 1 saturated heterocycles. The van der Waals surface area contributed by atoms with Crippen molar-refractivity contribution in [3.63, 3.8) is 0 Å². The average Bonchev–Trinajstić information content (AvgIpc) is 2.80. The maximum absolute atomic E-state index is 6.02. The smallest absolute Gasteiger partial charge is 0.0456 e. The zero-order chi connectivity index (χ0) is 12.4. The van der Waals surface area contributed by atoms with E-state index in [1.54, 1.807) is 0 Å². The summed E-state index contributed by atoms with van der Waals surface area (Å²) < 4.78 is 0. The van der Waals surface area contributed by atoms with Gasteiger partial charge in [-0.05, 0) is 37.4 Å². The van der Waals surface area contributed by atoms with Crippen LogP contribution in [0.2, 0.25) is 0 Å². The number of likely N-dealkylation sites (tertiary alicyclic amines) is 1. The van der Waals surface area contributed by atoms with Crippen molar-refractivity contribution < 1.29 is 0 Å². The molecule has 1 aliphatic rings. The van der Waals surface area contributed by atoms with Gasteiger partial charge in [0.2, 0.25) is 0 Å². The molecular formula is C15H21N3. The summed E-state index contributed by atoms with van der Waals surface area (Å²) in [4.78, 5) is 5.84. The summed E-state index contributed by atoms with van der Waals surface area (Å²) in [6.07, 6.45) is 5.68. The SMILES string of the molecule is N[C@H]1CCCN(CCc2c[nH]c3ccccc23)C1. The Morgan fingerprint density at radius 1 is 1.33 bits per heavy atom. The first-order chi connectivity index (χ1) is 8.83. The highest BCUT2D eigenvalue weighted by molar-refractivity contribution is 5.83. The van der Waals surface area contributed by atoms with Gasteiger partial charge in [0.25, 0.3) is 0 Å². The molecule has 0 bridgehead atoms. The molecule has 3 N–H and O–H groups in total. The molecule has 1 aliphatic heterocycles. The molecule has 2 aromatic rings. The molecule has 3 heteroatoms. The van der Waals surface area contributed by atoms with Crippen LogP contribution in [0.25, 0.3) is 10.9 Å². The second-order valence-corrected chi connectivity index (χ2v) is 5.31. The molecule has 2 heterocycles. The van der Waals surface area contributed by atoms with Crippen LogP contribution in [-0.4, -0.2) is 35.6 Å². The summed E-state index contributed by atoms with van der Waals surface area (Å²) in [6, 6.07) is 8.89. The zero-order valence-electron chi connectivity index (χ0n) is 10.7. The Labute approximate surface area is 108 Å². The van der Waals surface area contributed by atoms with Gasteiger partial charge >= 0.3 is 0 Å². The van der Waals surface area contributed by atoms with Crippen molar-refractivity contribution >= 4 is 10.9 Å². The Morgan fingerprint density at radius 3 is 3.11 bits per heavy atom. The number of rotatable bonds is 3. The number of para-hydroxylation sites is 1. The largest absolute Gasteiger partial charge is 0.361 e. The van der Waals surface area contributed by atoms with Crippen LogP contribution in [0, 0.1) is 0 Å². The van der Waals surface area contributed by atoms with E-state index >= 15 is 0 Å². The molecule has 1 fully saturated rings. The van der Waals surface area contributed by atoms with Gasteiger partial charge < -0.3 is 15.6 Å². The number of hydrogen-bond acceptors (Lipinski definition) is 2. The van der Waals surface area contributed by atoms with Gasteiger partial charge in [-0.3, -0.25) is 0 Å². The second-order valence-electron chi connectivity index (χ2n) is 5.31. The van der Waals surface area contributed by atoms with Gasteiger partial charge in [0, 0.05) is 36.2 Å². The minimum Gasteiger partial charge on any atom is -0.361 e. The lowest BCUT2D eigenvalue weighted by molar-refractivity contribution is 0.211. The molecule has 3 rings (SSSR count). The van der Waals surface area contributed by atoms with E-state index in [9.17, 15) is 0 Å². The van der Waals surface area contributed by atoms with Gasteiger partial charge in [0.1, 0.15) is 0 Å². The Kier molecular flexibility index (Phi) is 3.35. The van der Waals surface area contributed by atoms with E-state index in [4.69, 9.17) is 5.73 Å². The van der Waals surface area contributed by atoms with E-state index in [1.165, 1.54) is 35.9 Å². The Bertz CT molecular complexity index is 517. The summed E-state index contributed by atoms with van der Waals surface area (Å²) in [5, 5.41) is 1.36. The molecule has 1 aromatic heterocycles. The number of fused-ring (bicyclic) bond motifs is 1. The molecule has 0 amide bonds. The van der Waals surface area contributed by atoms with E-state index in [0.717, 1.165) is 19.5 Å². The van der Waals surface area contributed by atoms with Crippen LogP contribution in [0.15, 0.2) is 30.5 Å². The fraction of sp³-hybridized carbons (Fsp3) is 0.467. The number of aromatic amines is 1. The monoisotopic (exact) mass is 243 g/mol. The first kappa shape index (κ1) is 11.8. The number of hydrogen-bond donors (Lipinski definition) is 2. The normalized spacial score (nSPS) is 21.5. The van der Waals surface area contributed by atoms with Gasteiger partial charge in [-0.15, -0.1) is 0 Å². The summed E-state index contributed by atoms with van der Waals surface area (Å²) in [5.74, 6) is 0. The van der Waals surface area contributed by atoms with Crippen LogP contribution >= 0.6 is 0 Å². The van der Waals surface area contributed by atoms with Gasteiger partial charge in [0.05, 0.1) is 0 Å². The lowest BCUT2D eigenvalue weighted by atomic mass is 10.1. The minimum atomic E-state index is 0.377. The van der Waals surface area contributed by atoms with Crippen molar-refractivity contribution in [3.05, 3.63) is 36.0 Å². The van der Waals surface area contributed by atoms with E-state index in [1.807, 2.05) is 0 Å². The van der Waals surface area contributed by atoms with Crippen LogP contribution in [-0.2, 0) is 6.42 Å². The Balaban J connectivity index is 1.66. The Morgan fingerprint density at radius 2 is 2.22 bits per heavy atom. The van der Waals surface area contributed by atoms with Crippen LogP contribution in [0.3, 0.4) is 0 Å². The number of piperidine rings is 1. The minimum absolute atomic E-state index is 0.377. The maximum Gasteiger partial charge on any atom is 0.0456 e. The van der Waals surface area contributed by atoms with Crippen LogP contribution in [0.1, 0.15) is 18.4 Å². The number of aromatic nitrogens is 1. The molecule has 18 heavy (non-hydrogen) atoms. The van der Waals surface area contributed by atoms with E-state index in [2.05, 4.69) is 40.3 Å². The van der Waals surface area contributed by atoms with Gasteiger partial charge in [-0.2, -0.15) is 0 Å². The predicted octanol–water partition coefficient (Wildman–Crippen LogP) is 2.13. The number of H-pyrrole nitrogens is 1. The molecule has 1 aromatic carbocycles. The molecule has 0 radical (unpaired) electrons. The van der Waals surface area contributed by atoms with Gasteiger partial charge in [-0.1, -0.05) is 18.2 Å². The third-order valence-corrected chi connectivity index (χ3v) is 3.91. The zero-order valence-corrected chi connectivity index (χ0v) is 10.7. The van der Waals surface area contributed by atoms with Crippen LogP contribution in [0.4, 0.5) is 0 Å². The van der Waals surface area contributed by atoms with Crippen molar-refractivity contribution in [2.45, 2.75) is 25.3 Å². The lowest BCUT2D eigenvalue weighted by Crippen LogP contribution is -2.43. The number of nitrogens with zero attached hydrogens (tertiary/aromatic N) is 1. The highest BCUT2D eigenvalue weighted by Gasteiger charge is 2.16. The van der Waals surface area contributed by atoms with Crippen molar-refractivity contribution in [2.75, 3.05) is 19.6 Å². The maximum atomic E-state index is 6.02. The number of benzene rings is 1. The highest BCUT2D eigenvalue weighted by atomic mass is 15.1. The standard InChI is InChI=1S/C15H21N3/c16-13-4-3-8-18(11-13)9-7-12-10-17-15-6-2-1-5-14(12)15/h1-2,5-6,10,13,17H,3-4,7-9,11,16H2/t13-/m0/s1. The number of nitrogens with two attached hydrogens (primary N) is 1. The fourth-order valence-electron chi connectivity index (χ4n) is 2.91. The first-order valence-electron chi connectivity index (χ1n) is 6.86. The van der Waals surface area contributed by atoms with Crippen molar-refractivity contribution in [3.8, 4) is 0 Å². The van der Waals surface area contributed by atoms with Crippen LogP contribution < -0.4 is 5.73 Å². The van der Waals surface area contributed by atoms with E-state index in [-0.39, 0.29) is 0 Å². The van der Waals surface area contributed by atoms with Gasteiger partial charge in [0.15, 0.2) is 0 Å². The molecule has 0 saturated carbocycles. The summed E-state index contributed by atoms with van der Waals surface area (Å²) in [5.41, 5.74) is 8.68. The summed E-state index contributed by atoms with van der Waals surface area (Å²) in [6.45, 7) is 3.38. The Hall–Kier alpha value is -1.32. The molecule has 96 valence electrons. The molecule has 3 nitrogen and oxygen atoms in total. The van der Waals surface area contributed by atoms with Gasteiger partial charge in [-0.25, -0.2) is 0 Å². The molecule has 0 spiro atoms. The third kappa shape index (κ3) is 2.42. The summed E-state index contributed by atoms with van der Waals surface area (Å²) in [7, 11) is 0. The van der Waals surface area contributed by atoms with E-state index < -0.39 is 0 Å². The fourth-order valence-corrected chi connectivity index (χ4v) is 2.91. The number of nitrogens with one attached hydrogen (secondary N) is 1. The highest BCUT2D eigenvalue weighted by Crippen LogP contribution is 2.19. The molecule has 0 aliphatic carbocycles. The second kappa shape index (κ2) is 5.12. The van der Waals surface area contributed by atoms with Crippen molar-refractivity contribution in [1.82, 2.24) is 9.88 Å². The summed E-state index contributed by atoms with van der Waals surface area (Å²) >= 11 is 0. The lowest BCUT2D eigenvalue weighted by Gasteiger charge is -2.30. The topological polar surface area (TPSA) is 45.0 Å². The van der Waals surface area contributed by atoms with E-state index in [0.29, 0.717) is 6.04 Å². The van der Waals surface area contributed by atoms with Crippen molar-refractivity contribution in [2.24, 2.45) is 5.73 Å². The average molecular weight is 243 g/mol. The first-order valence-corrected chi connectivity index (χ1v) is 6.86. The molecular weight excluding hydrogens is 222 g/mol. The third-order valence-electron chi connectivity index (χ3n) is 3.91.